The number of nitrogens with one attached hydrogen (secondary N) is 1. The summed E-state index contributed by atoms with van der Waals surface area (Å²) in [4.78, 5) is 37.3. The zero-order valence-corrected chi connectivity index (χ0v) is 24.9. The first-order valence-corrected chi connectivity index (χ1v) is 16.0. The van der Waals surface area contributed by atoms with E-state index in [-0.39, 0.29) is 17.2 Å². The molecule has 0 spiro atoms. The van der Waals surface area contributed by atoms with E-state index in [0.717, 1.165) is 39.0 Å². The molecule has 7 rings (SSSR count). The van der Waals surface area contributed by atoms with Crippen molar-refractivity contribution < 1.29 is 14.3 Å². The van der Waals surface area contributed by atoms with Gasteiger partial charge >= 0.3 is 0 Å². The van der Waals surface area contributed by atoms with Crippen LogP contribution in [0.1, 0.15) is 12.0 Å². The van der Waals surface area contributed by atoms with E-state index in [9.17, 15) is 9.59 Å². The summed E-state index contributed by atoms with van der Waals surface area (Å²) in [6.45, 7) is 3.15. The summed E-state index contributed by atoms with van der Waals surface area (Å²) in [5.74, 6) is 1.17. The van der Waals surface area contributed by atoms with E-state index in [2.05, 4.69) is 10.3 Å². The Hall–Kier alpha value is -4.19. The molecule has 1 aliphatic rings. The number of carbonyl (C=O) groups excluding carboxylic acids is 1. The molecule has 0 bridgehead atoms. The average molecular weight is 613 g/mol. The maximum atomic E-state index is 14.1. The highest BCUT2D eigenvalue weighted by Gasteiger charge is 2.21. The van der Waals surface area contributed by atoms with E-state index in [4.69, 9.17) is 14.5 Å². The summed E-state index contributed by atoms with van der Waals surface area (Å²) in [6.07, 6.45) is 0.828. The van der Waals surface area contributed by atoms with Crippen LogP contribution in [-0.4, -0.2) is 39.4 Å². The molecule has 3 aromatic carbocycles. The number of amides is 1. The van der Waals surface area contributed by atoms with E-state index < -0.39 is 0 Å². The van der Waals surface area contributed by atoms with E-state index in [1.54, 1.807) is 4.57 Å². The lowest BCUT2D eigenvalue weighted by molar-refractivity contribution is -0.113. The van der Waals surface area contributed by atoms with Gasteiger partial charge in [-0.05, 0) is 24.1 Å². The minimum Gasteiger partial charge on any atom is -0.490 e. The number of hydrogen-bond donors (Lipinski definition) is 1. The van der Waals surface area contributed by atoms with Crippen LogP contribution in [0.4, 0.5) is 5.13 Å². The summed E-state index contributed by atoms with van der Waals surface area (Å²) in [6, 6.07) is 21.3. The Bertz CT molecular complexity index is 1970. The number of para-hydroxylation sites is 1. The van der Waals surface area contributed by atoms with Crippen LogP contribution in [0.25, 0.3) is 37.2 Å². The molecule has 0 aliphatic carbocycles. The topological polar surface area (TPSA) is 95.3 Å². The van der Waals surface area contributed by atoms with E-state index in [1.165, 1.54) is 34.4 Å². The van der Waals surface area contributed by atoms with Crippen LogP contribution in [0.2, 0.25) is 0 Å². The second kappa shape index (κ2) is 11.2. The minimum atomic E-state index is -0.241. The van der Waals surface area contributed by atoms with Gasteiger partial charge in [0.1, 0.15) is 4.83 Å². The number of anilines is 1. The molecular weight excluding hydrogens is 589 g/mol. The first-order chi connectivity index (χ1) is 20.5. The van der Waals surface area contributed by atoms with Crippen molar-refractivity contribution >= 4 is 65.9 Å². The number of rotatable bonds is 6. The number of aryl methyl sites for hydroxylation is 1. The zero-order valence-electron chi connectivity index (χ0n) is 22.5. The Morgan fingerprint density at radius 3 is 2.60 bits per heavy atom. The van der Waals surface area contributed by atoms with Crippen molar-refractivity contribution in [2.45, 2.75) is 18.5 Å². The van der Waals surface area contributed by atoms with Gasteiger partial charge in [-0.25, -0.2) is 9.97 Å². The maximum absolute atomic E-state index is 14.1. The number of aromatic nitrogens is 3. The highest BCUT2D eigenvalue weighted by atomic mass is 32.2. The molecule has 1 aliphatic heterocycles. The maximum Gasteiger partial charge on any atom is 0.268 e. The van der Waals surface area contributed by atoms with Gasteiger partial charge in [0, 0.05) is 29.5 Å². The third-order valence-corrected chi connectivity index (χ3v) is 9.60. The largest absolute Gasteiger partial charge is 0.490 e. The fourth-order valence-corrected chi connectivity index (χ4v) is 7.54. The molecule has 0 saturated carbocycles. The molecule has 210 valence electrons. The van der Waals surface area contributed by atoms with Gasteiger partial charge in [-0.3, -0.25) is 14.2 Å². The first-order valence-electron chi connectivity index (χ1n) is 13.3. The molecule has 0 saturated heterocycles. The van der Waals surface area contributed by atoms with Crippen molar-refractivity contribution in [2.24, 2.45) is 0 Å². The molecule has 1 amide bonds. The number of benzene rings is 3. The Balaban J connectivity index is 1.19. The summed E-state index contributed by atoms with van der Waals surface area (Å²) in [5, 5.41) is 6.40. The van der Waals surface area contributed by atoms with Gasteiger partial charge in [-0.1, -0.05) is 71.6 Å². The molecule has 0 atom stereocenters. The Kier molecular flexibility index (Phi) is 7.14. The third kappa shape index (κ3) is 5.04. The van der Waals surface area contributed by atoms with Gasteiger partial charge in [0.2, 0.25) is 5.91 Å². The molecule has 6 aromatic rings. The molecule has 11 heteroatoms. The molecule has 4 heterocycles. The molecule has 3 aromatic heterocycles. The quantitative estimate of drug-likeness (QED) is 0.161. The number of thiophene rings is 1. The van der Waals surface area contributed by atoms with Crippen LogP contribution >= 0.6 is 34.4 Å². The van der Waals surface area contributed by atoms with E-state index >= 15 is 0 Å². The van der Waals surface area contributed by atoms with Gasteiger partial charge < -0.3 is 14.8 Å². The van der Waals surface area contributed by atoms with E-state index in [1.807, 2.05) is 79.0 Å². The molecule has 0 radical (unpaired) electrons. The van der Waals surface area contributed by atoms with E-state index in [0.29, 0.717) is 45.2 Å². The smallest absolute Gasteiger partial charge is 0.268 e. The molecular formula is C31H24N4O4S3. The van der Waals surface area contributed by atoms with Gasteiger partial charge in [0.25, 0.3) is 5.56 Å². The molecule has 42 heavy (non-hydrogen) atoms. The van der Waals surface area contributed by atoms with Crippen LogP contribution in [0.5, 0.6) is 11.5 Å². The number of nitrogens with zero attached hydrogens (tertiary/aromatic N) is 3. The Morgan fingerprint density at radius 2 is 1.79 bits per heavy atom. The Morgan fingerprint density at radius 1 is 1.02 bits per heavy atom. The van der Waals surface area contributed by atoms with Crippen molar-refractivity contribution in [3.8, 4) is 28.3 Å². The molecule has 0 fully saturated rings. The molecule has 1 N–H and O–H groups in total. The van der Waals surface area contributed by atoms with Crippen molar-refractivity contribution in [1.82, 2.24) is 14.5 Å². The number of carbonyl (C=O) groups is 1. The first kappa shape index (κ1) is 26.7. The fraction of sp³-hybridized carbons (Fsp3) is 0.161. The van der Waals surface area contributed by atoms with Crippen LogP contribution < -0.4 is 20.3 Å². The second-order valence-corrected chi connectivity index (χ2v) is 12.5. The highest BCUT2D eigenvalue weighted by Crippen LogP contribution is 2.38. The van der Waals surface area contributed by atoms with Crippen molar-refractivity contribution in [3.05, 3.63) is 88.0 Å². The second-order valence-electron chi connectivity index (χ2n) is 9.69. The van der Waals surface area contributed by atoms with Gasteiger partial charge in [0.15, 0.2) is 21.8 Å². The number of ether oxygens (including phenoxy) is 2. The van der Waals surface area contributed by atoms with Crippen molar-refractivity contribution in [1.29, 1.82) is 0 Å². The number of thioether (sulfide) groups is 1. The number of fused-ring (bicyclic) bond motifs is 3. The average Bonchev–Trinajstić information content (AvgIpc) is 3.52. The minimum absolute atomic E-state index is 0.0550. The Labute approximate surface area is 253 Å². The van der Waals surface area contributed by atoms with Crippen molar-refractivity contribution in [3.63, 3.8) is 0 Å². The van der Waals surface area contributed by atoms with Gasteiger partial charge in [-0.15, -0.1) is 11.3 Å². The summed E-state index contributed by atoms with van der Waals surface area (Å²) < 4.78 is 14.1. The van der Waals surface area contributed by atoms with Crippen LogP contribution in [-0.2, 0) is 4.79 Å². The molecule has 8 nitrogen and oxygen atoms in total. The van der Waals surface area contributed by atoms with Crippen LogP contribution in [0.3, 0.4) is 0 Å². The zero-order chi connectivity index (χ0) is 28.6. The summed E-state index contributed by atoms with van der Waals surface area (Å²) in [7, 11) is 0. The number of thiazole rings is 1. The predicted octanol–water partition coefficient (Wildman–Crippen LogP) is 6.92. The van der Waals surface area contributed by atoms with Crippen LogP contribution in [0, 0.1) is 6.92 Å². The SMILES string of the molecule is Cc1ccccc1-n1c(SCC(=O)Nc2nc3cc4c(cc3s2)OCCCO4)nc2scc(-c3ccccc3)c2c1=O. The summed E-state index contributed by atoms with van der Waals surface area (Å²) >= 11 is 4.03. The third-order valence-electron chi connectivity index (χ3n) is 6.85. The highest BCUT2D eigenvalue weighted by molar-refractivity contribution is 7.99. The number of hydrogen-bond acceptors (Lipinski definition) is 9. The van der Waals surface area contributed by atoms with Crippen LogP contribution in [0.15, 0.2) is 82.1 Å². The molecule has 0 unspecified atom stereocenters. The normalized spacial score (nSPS) is 12.9. The lowest BCUT2D eigenvalue weighted by Crippen LogP contribution is -2.23. The lowest BCUT2D eigenvalue weighted by atomic mass is 10.1. The van der Waals surface area contributed by atoms with Gasteiger partial charge in [0.05, 0.1) is 40.3 Å². The monoisotopic (exact) mass is 612 g/mol. The van der Waals surface area contributed by atoms with Crippen molar-refractivity contribution in [2.75, 3.05) is 24.3 Å². The van der Waals surface area contributed by atoms with Gasteiger partial charge in [-0.2, -0.15) is 0 Å². The summed E-state index contributed by atoms with van der Waals surface area (Å²) in [5.41, 5.74) is 4.06. The lowest BCUT2D eigenvalue weighted by Gasteiger charge is -2.14. The predicted molar refractivity (Wildman–Crippen MR) is 170 cm³/mol. The fourth-order valence-electron chi connectivity index (χ4n) is 4.85. The standard InChI is InChI=1S/C31H24N4O4S3/c1-18-8-5-6-11-22(18)35-29(37)27-20(19-9-3-2-4-10-19)16-40-28(27)34-31(35)41-17-26(36)33-30-32-21-14-23-24(15-25(21)42-30)39-13-7-12-38-23/h2-6,8-11,14-16H,7,12-13,17H2,1H3,(H,32,33,36).